The molecule has 1 saturated carbocycles. The number of nitrogens with one attached hydrogen (secondary N) is 2. The summed E-state index contributed by atoms with van der Waals surface area (Å²) in [6.07, 6.45) is 3.25. The minimum absolute atomic E-state index is 0.177. The van der Waals surface area contributed by atoms with Gasteiger partial charge in [-0.15, -0.1) is 0 Å². The first-order chi connectivity index (χ1) is 10.00. The van der Waals surface area contributed by atoms with Gasteiger partial charge in [0.15, 0.2) is 0 Å². The summed E-state index contributed by atoms with van der Waals surface area (Å²) in [6, 6.07) is 5.46. The number of benzene rings is 1. The van der Waals surface area contributed by atoms with Gasteiger partial charge in [0.25, 0.3) is 0 Å². The van der Waals surface area contributed by atoms with Gasteiger partial charge in [-0.3, -0.25) is 9.59 Å². The van der Waals surface area contributed by atoms with E-state index in [1.165, 1.54) is 0 Å². The zero-order valence-corrected chi connectivity index (χ0v) is 12.0. The van der Waals surface area contributed by atoms with Crippen molar-refractivity contribution in [1.29, 1.82) is 0 Å². The second-order valence-electron chi connectivity index (χ2n) is 5.54. The van der Waals surface area contributed by atoms with Crippen LogP contribution in [0, 0.1) is 5.41 Å². The second kappa shape index (κ2) is 5.07. The predicted molar refractivity (Wildman–Crippen MR) is 79.3 cm³/mol. The largest absolute Gasteiger partial charge is 0.481 e. The zero-order valence-electron chi connectivity index (χ0n) is 11.3. The Morgan fingerprint density at radius 1 is 1.38 bits per heavy atom. The lowest BCUT2D eigenvalue weighted by molar-refractivity contribution is -0.143. The number of carbonyl (C=O) groups is 2. The maximum atomic E-state index is 12.0. The summed E-state index contributed by atoms with van der Waals surface area (Å²) in [5.41, 5.74) is 1.04. The molecule has 5 nitrogen and oxygen atoms in total. The van der Waals surface area contributed by atoms with Gasteiger partial charge in [0.05, 0.1) is 11.8 Å². The highest BCUT2D eigenvalue weighted by Gasteiger charge is 2.50. The van der Waals surface area contributed by atoms with Crippen LogP contribution in [0.2, 0.25) is 5.02 Å². The number of aliphatic carboxylic acids is 1. The van der Waals surface area contributed by atoms with Crippen molar-refractivity contribution < 1.29 is 14.7 Å². The van der Waals surface area contributed by atoms with Gasteiger partial charge < -0.3 is 15.4 Å². The third-order valence-corrected chi connectivity index (χ3v) is 4.25. The number of fused-ring (bicyclic) bond motifs is 1. The van der Waals surface area contributed by atoms with Gasteiger partial charge in [0, 0.05) is 28.7 Å². The first-order valence-electron chi connectivity index (χ1n) is 6.76. The predicted octanol–water partition coefficient (Wildman–Crippen LogP) is 2.34. The molecule has 0 aliphatic heterocycles. The van der Waals surface area contributed by atoms with E-state index in [1.807, 2.05) is 12.1 Å². The number of hydrogen-bond acceptors (Lipinski definition) is 2. The molecular weight excluding hydrogens is 292 g/mol. The van der Waals surface area contributed by atoms with Gasteiger partial charge in [0.1, 0.15) is 0 Å². The van der Waals surface area contributed by atoms with E-state index in [1.54, 1.807) is 12.3 Å². The van der Waals surface area contributed by atoms with Crippen LogP contribution in [-0.2, 0) is 16.0 Å². The number of carboxylic acid groups (broad SMARTS) is 1. The normalized spacial score (nSPS) is 15.9. The minimum Gasteiger partial charge on any atom is -0.481 e. The average molecular weight is 307 g/mol. The van der Waals surface area contributed by atoms with Gasteiger partial charge in [-0.2, -0.15) is 0 Å². The van der Waals surface area contributed by atoms with Crippen molar-refractivity contribution in [3.05, 3.63) is 35.0 Å². The summed E-state index contributed by atoms with van der Waals surface area (Å²) in [6.45, 7) is 0.199. The SMILES string of the molecule is O=C(Cc1c[nH]c2ccc(Cl)cc12)NCC1(C(=O)O)CC1. The fourth-order valence-corrected chi connectivity index (χ4v) is 2.59. The quantitative estimate of drug-likeness (QED) is 0.793. The molecule has 0 spiro atoms. The van der Waals surface area contributed by atoms with Crippen LogP contribution < -0.4 is 5.32 Å². The van der Waals surface area contributed by atoms with Crippen molar-refractivity contribution in [3.8, 4) is 0 Å². The van der Waals surface area contributed by atoms with E-state index in [-0.39, 0.29) is 18.9 Å². The highest BCUT2D eigenvalue weighted by molar-refractivity contribution is 6.31. The molecule has 3 N–H and O–H groups in total. The third kappa shape index (κ3) is 2.74. The molecule has 1 heterocycles. The topological polar surface area (TPSA) is 82.2 Å². The maximum Gasteiger partial charge on any atom is 0.311 e. The van der Waals surface area contributed by atoms with E-state index in [4.69, 9.17) is 16.7 Å². The highest BCUT2D eigenvalue weighted by Crippen LogP contribution is 2.45. The Morgan fingerprint density at radius 2 is 2.14 bits per heavy atom. The van der Waals surface area contributed by atoms with Gasteiger partial charge >= 0.3 is 5.97 Å². The van der Waals surface area contributed by atoms with Crippen LogP contribution in [0.1, 0.15) is 18.4 Å². The van der Waals surface area contributed by atoms with Crippen LogP contribution in [0.5, 0.6) is 0 Å². The van der Waals surface area contributed by atoms with Gasteiger partial charge in [0.2, 0.25) is 5.91 Å². The minimum atomic E-state index is -0.832. The molecule has 1 fully saturated rings. The van der Waals surface area contributed by atoms with E-state index < -0.39 is 11.4 Å². The Morgan fingerprint density at radius 3 is 2.81 bits per heavy atom. The highest BCUT2D eigenvalue weighted by atomic mass is 35.5. The molecular formula is C15H15ClN2O3. The molecule has 1 aliphatic rings. The van der Waals surface area contributed by atoms with Crippen LogP contribution in [0.4, 0.5) is 0 Å². The molecule has 2 aromatic rings. The number of aromatic nitrogens is 1. The first-order valence-corrected chi connectivity index (χ1v) is 7.14. The zero-order chi connectivity index (χ0) is 15.0. The smallest absolute Gasteiger partial charge is 0.311 e. The number of rotatable bonds is 5. The lowest BCUT2D eigenvalue weighted by atomic mass is 10.1. The Labute approximate surface area is 126 Å². The molecule has 1 aromatic carbocycles. The van der Waals surface area contributed by atoms with Crippen molar-refractivity contribution in [2.45, 2.75) is 19.3 Å². The fraction of sp³-hybridized carbons (Fsp3) is 0.333. The molecule has 1 amide bonds. The van der Waals surface area contributed by atoms with Crippen molar-refractivity contribution >= 4 is 34.4 Å². The van der Waals surface area contributed by atoms with Crippen molar-refractivity contribution in [1.82, 2.24) is 10.3 Å². The fourth-order valence-electron chi connectivity index (χ4n) is 2.42. The Balaban J connectivity index is 1.66. The molecule has 0 saturated heterocycles. The Hall–Kier alpha value is -2.01. The molecule has 6 heteroatoms. The number of carboxylic acids is 1. The van der Waals surface area contributed by atoms with Crippen LogP contribution in [0.25, 0.3) is 10.9 Å². The standard InChI is InChI=1S/C15H15ClN2O3/c16-10-1-2-12-11(6-10)9(7-17-12)5-13(19)18-8-15(3-4-15)14(20)21/h1-2,6-7,17H,3-5,8H2,(H,18,19)(H,20,21). The summed E-state index contributed by atoms with van der Waals surface area (Å²) in [5, 5.41) is 13.3. The van der Waals surface area contributed by atoms with Crippen LogP contribution >= 0.6 is 11.6 Å². The molecule has 1 aliphatic carbocycles. The van der Waals surface area contributed by atoms with Gasteiger partial charge in [-0.05, 0) is 36.6 Å². The number of H-pyrrole nitrogens is 1. The van der Waals surface area contributed by atoms with E-state index >= 15 is 0 Å². The van der Waals surface area contributed by atoms with Crippen LogP contribution in [0.15, 0.2) is 24.4 Å². The summed E-state index contributed by atoms with van der Waals surface area (Å²) in [5.74, 6) is -1.01. The summed E-state index contributed by atoms with van der Waals surface area (Å²) in [7, 11) is 0. The monoisotopic (exact) mass is 306 g/mol. The van der Waals surface area contributed by atoms with Crippen molar-refractivity contribution in [2.24, 2.45) is 5.41 Å². The van der Waals surface area contributed by atoms with Crippen LogP contribution in [0.3, 0.4) is 0 Å². The molecule has 110 valence electrons. The number of hydrogen-bond donors (Lipinski definition) is 3. The van der Waals surface area contributed by atoms with Crippen molar-refractivity contribution in [3.63, 3.8) is 0 Å². The lowest BCUT2D eigenvalue weighted by Crippen LogP contribution is -2.35. The number of aromatic amines is 1. The van der Waals surface area contributed by atoms with E-state index in [0.717, 1.165) is 16.5 Å². The second-order valence-corrected chi connectivity index (χ2v) is 5.98. The summed E-state index contributed by atoms with van der Waals surface area (Å²) >= 11 is 5.97. The summed E-state index contributed by atoms with van der Waals surface area (Å²) < 4.78 is 0. The molecule has 3 rings (SSSR count). The molecule has 0 bridgehead atoms. The lowest BCUT2D eigenvalue weighted by Gasteiger charge is -2.10. The number of carbonyl (C=O) groups excluding carboxylic acids is 1. The average Bonchev–Trinajstić information content (AvgIpc) is 3.15. The molecule has 0 unspecified atom stereocenters. The molecule has 1 aromatic heterocycles. The van der Waals surface area contributed by atoms with Gasteiger partial charge in [-0.1, -0.05) is 11.6 Å². The number of halogens is 1. The molecule has 0 radical (unpaired) electrons. The van der Waals surface area contributed by atoms with Gasteiger partial charge in [-0.25, -0.2) is 0 Å². The molecule has 21 heavy (non-hydrogen) atoms. The first kappa shape index (κ1) is 13.9. The Kier molecular flexibility index (Phi) is 3.37. The molecule has 0 atom stereocenters. The maximum absolute atomic E-state index is 12.0. The summed E-state index contributed by atoms with van der Waals surface area (Å²) in [4.78, 5) is 26.1. The van der Waals surface area contributed by atoms with Crippen LogP contribution in [-0.4, -0.2) is 28.5 Å². The van der Waals surface area contributed by atoms with Crippen molar-refractivity contribution in [2.75, 3.05) is 6.54 Å². The Bertz CT molecular complexity index is 719. The van der Waals surface area contributed by atoms with E-state index in [9.17, 15) is 9.59 Å². The number of amides is 1. The third-order valence-electron chi connectivity index (χ3n) is 4.01. The van der Waals surface area contributed by atoms with E-state index in [0.29, 0.717) is 17.9 Å². The van der Waals surface area contributed by atoms with E-state index in [2.05, 4.69) is 10.3 Å².